The van der Waals surface area contributed by atoms with Gasteiger partial charge in [0.05, 0.1) is 12.8 Å². The Morgan fingerprint density at radius 3 is 2.81 bits per heavy atom. The Bertz CT molecular complexity index is 661. The molecule has 2 N–H and O–H groups in total. The van der Waals surface area contributed by atoms with E-state index in [-0.39, 0.29) is 5.69 Å². The Labute approximate surface area is 128 Å². The summed E-state index contributed by atoms with van der Waals surface area (Å²) >= 11 is 5.97. The smallest absolute Gasteiger partial charge is 0.356 e. The van der Waals surface area contributed by atoms with Gasteiger partial charge in [0.1, 0.15) is 0 Å². The molecule has 0 aliphatic carbocycles. The highest BCUT2D eigenvalue weighted by Crippen LogP contribution is 2.22. The zero-order chi connectivity index (χ0) is 15.4. The maximum atomic E-state index is 11.5. The monoisotopic (exact) mass is 305 g/mol. The van der Waals surface area contributed by atoms with Gasteiger partial charge in [-0.3, -0.25) is 0 Å². The molecule has 0 unspecified atom stereocenters. The predicted molar refractivity (Wildman–Crippen MR) is 83.5 cm³/mol. The fourth-order valence-corrected chi connectivity index (χ4v) is 2.18. The fourth-order valence-electron chi connectivity index (χ4n) is 1.97. The molecule has 6 heteroatoms. The number of pyridine rings is 1. The third kappa shape index (κ3) is 3.64. The summed E-state index contributed by atoms with van der Waals surface area (Å²) in [6, 6.07) is 10.7. The van der Waals surface area contributed by atoms with Crippen LogP contribution in [0.1, 0.15) is 16.1 Å². The summed E-state index contributed by atoms with van der Waals surface area (Å²) < 4.78 is 4.67. The molecular weight excluding hydrogens is 290 g/mol. The first kappa shape index (κ1) is 15.1. The predicted octanol–water partition coefficient (Wildman–Crippen LogP) is 2.74. The number of nitrogen functional groups attached to an aromatic ring is 1. The van der Waals surface area contributed by atoms with E-state index in [0.717, 1.165) is 5.56 Å². The van der Waals surface area contributed by atoms with Gasteiger partial charge in [0, 0.05) is 18.6 Å². The van der Waals surface area contributed by atoms with E-state index in [4.69, 9.17) is 17.3 Å². The highest BCUT2D eigenvalue weighted by atomic mass is 35.5. The Kier molecular flexibility index (Phi) is 4.65. The second-order valence-corrected chi connectivity index (χ2v) is 5.02. The van der Waals surface area contributed by atoms with Gasteiger partial charge in [-0.2, -0.15) is 0 Å². The number of methoxy groups -OCH3 is 1. The molecule has 1 aromatic carbocycles. The second kappa shape index (κ2) is 6.45. The van der Waals surface area contributed by atoms with E-state index >= 15 is 0 Å². The van der Waals surface area contributed by atoms with Gasteiger partial charge >= 0.3 is 5.97 Å². The molecule has 0 spiro atoms. The van der Waals surface area contributed by atoms with Crippen molar-refractivity contribution in [2.24, 2.45) is 0 Å². The van der Waals surface area contributed by atoms with E-state index in [1.165, 1.54) is 13.2 Å². The van der Waals surface area contributed by atoms with E-state index in [9.17, 15) is 4.79 Å². The molecule has 0 atom stereocenters. The Hall–Kier alpha value is -2.27. The van der Waals surface area contributed by atoms with Crippen LogP contribution in [0, 0.1) is 0 Å². The van der Waals surface area contributed by atoms with Crippen molar-refractivity contribution in [3.05, 3.63) is 52.7 Å². The molecule has 5 nitrogen and oxygen atoms in total. The van der Waals surface area contributed by atoms with Crippen LogP contribution in [0.2, 0.25) is 5.02 Å². The van der Waals surface area contributed by atoms with Gasteiger partial charge in [-0.25, -0.2) is 9.78 Å². The molecule has 0 saturated heterocycles. The molecule has 110 valence electrons. The van der Waals surface area contributed by atoms with Crippen LogP contribution in [0.15, 0.2) is 36.4 Å². The summed E-state index contributed by atoms with van der Waals surface area (Å²) in [5.74, 6) is 0.0327. The molecule has 0 fully saturated rings. The standard InChI is InChI=1S/C15H16ClN3O2/c1-19(9-10-4-3-5-11(16)8-10)14-12(17)6-7-13(18-14)15(20)21-2/h3-8H,9,17H2,1-2H3. The number of nitrogens with zero attached hydrogens (tertiary/aromatic N) is 2. The average molecular weight is 306 g/mol. The summed E-state index contributed by atoms with van der Waals surface area (Å²) in [6.07, 6.45) is 0. The minimum atomic E-state index is -0.493. The maximum absolute atomic E-state index is 11.5. The number of rotatable bonds is 4. The molecule has 2 aromatic rings. The Morgan fingerprint density at radius 2 is 2.14 bits per heavy atom. The number of hydrogen-bond acceptors (Lipinski definition) is 5. The lowest BCUT2D eigenvalue weighted by molar-refractivity contribution is 0.0594. The van der Waals surface area contributed by atoms with Crippen LogP contribution in [0.25, 0.3) is 0 Å². The highest BCUT2D eigenvalue weighted by molar-refractivity contribution is 6.30. The largest absolute Gasteiger partial charge is 0.464 e. The third-order valence-corrected chi connectivity index (χ3v) is 3.21. The maximum Gasteiger partial charge on any atom is 0.356 e. The van der Waals surface area contributed by atoms with Gasteiger partial charge in [-0.05, 0) is 29.8 Å². The minimum Gasteiger partial charge on any atom is -0.464 e. The van der Waals surface area contributed by atoms with Crippen molar-refractivity contribution in [2.45, 2.75) is 6.54 Å². The van der Waals surface area contributed by atoms with Gasteiger partial charge < -0.3 is 15.4 Å². The normalized spacial score (nSPS) is 10.2. The van der Waals surface area contributed by atoms with Gasteiger partial charge in [0.2, 0.25) is 0 Å². The van der Waals surface area contributed by atoms with Crippen LogP contribution in [0.5, 0.6) is 0 Å². The first-order valence-electron chi connectivity index (χ1n) is 6.31. The molecule has 2 rings (SSSR count). The van der Waals surface area contributed by atoms with Crippen molar-refractivity contribution >= 4 is 29.1 Å². The van der Waals surface area contributed by atoms with Gasteiger partial charge in [-0.1, -0.05) is 23.7 Å². The Balaban J connectivity index is 2.26. The summed E-state index contributed by atoms with van der Waals surface area (Å²) in [6.45, 7) is 0.572. The molecule has 0 bridgehead atoms. The van der Waals surface area contributed by atoms with Crippen LogP contribution in [0.3, 0.4) is 0 Å². The Morgan fingerprint density at radius 1 is 1.38 bits per heavy atom. The van der Waals surface area contributed by atoms with E-state index in [1.807, 2.05) is 36.2 Å². The second-order valence-electron chi connectivity index (χ2n) is 4.59. The van der Waals surface area contributed by atoms with Gasteiger partial charge in [0.25, 0.3) is 0 Å². The number of benzene rings is 1. The fraction of sp³-hybridized carbons (Fsp3) is 0.200. The van der Waals surface area contributed by atoms with Crippen LogP contribution >= 0.6 is 11.6 Å². The highest BCUT2D eigenvalue weighted by Gasteiger charge is 2.13. The topological polar surface area (TPSA) is 68.5 Å². The molecular formula is C15H16ClN3O2. The lowest BCUT2D eigenvalue weighted by Crippen LogP contribution is -2.20. The number of carbonyl (C=O) groups is 1. The minimum absolute atomic E-state index is 0.222. The van der Waals surface area contributed by atoms with E-state index in [2.05, 4.69) is 9.72 Å². The molecule has 1 heterocycles. The molecule has 0 amide bonds. The number of aromatic nitrogens is 1. The van der Waals surface area contributed by atoms with Crippen LogP contribution in [-0.4, -0.2) is 25.1 Å². The lowest BCUT2D eigenvalue weighted by Gasteiger charge is -2.20. The van der Waals surface area contributed by atoms with E-state index < -0.39 is 5.97 Å². The number of halogens is 1. The van der Waals surface area contributed by atoms with Crippen LogP contribution < -0.4 is 10.6 Å². The summed E-state index contributed by atoms with van der Waals surface area (Å²) in [5, 5.41) is 0.671. The molecule has 1 aromatic heterocycles. The summed E-state index contributed by atoms with van der Waals surface area (Å²) in [5.41, 5.74) is 7.67. The zero-order valence-electron chi connectivity index (χ0n) is 11.8. The van der Waals surface area contributed by atoms with Crippen molar-refractivity contribution in [3.8, 4) is 0 Å². The van der Waals surface area contributed by atoms with E-state index in [0.29, 0.717) is 23.1 Å². The van der Waals surface area contributed by atoms with Gasteiger partial charge in [0.15, 0.2) is 11.5 Å². The van der Waals surface area contributed by atoms with Gasteiger partial charge in [-0.15, -0.1) is 0 Å². The number of esters is 1. The molecule has 21 heavy (non-hydrogen) atoms. The molecule has 0 aliphatic heterocycles. The number of carbonyl (C=O) groups excluding carboxylic acids is 1. The van der Waals surface area contributed by atoms with Crippen molar-refractivity contribution in [3.63, 3.8) is 0 Å². The van der Waals surface area contributed by atoms with E-state index in [1.54, 1.807) is 6.07 Å². The molecule has 0 radical (unpaired) electrons. The number of hydrogen-bond donors (Lipinski definition) is 1. The number of nitrogens with two attached hydrogens (primary N) is 1. The van der Waals surface area contributed by atoms with Crippen LogP contribution in [0.4, 0.5) is 11.5 Å². The summed E-state index contributed by atoms with van der Waals surface area (Å²) in [7, 11) is 3.16. The molecule has 0 aliphatic rings. The van der Waals surface area contributed by atoms with Crippen molar-refractivity contribution in [1.29, 1.82) is 0 Å². The first-order chi connectivity index (χ1) is 10.0. The van der Waals surface area contributed by atoms with Crippen molar-refractivity contribution < 1.29 is 9.53 Å². The number of ether oxygens (including phenoxy) is 1. The number of anilines is 2. The summed E-state index contributed by atoms with van der Waals surface area (Å²) in [4.78, 5) is 17.7. The first-order valence-corrected chi connectivity index (χ1v) is 6.69. The quantitative estimate of drug-likeness (QED) is 0.880. The average Bonchev–Trinajstić information content (AvgIpc) is 2.46. The van der Waals surface area contributed by atoms with Crippen LogP contribution in [-0.2, 0) is 11.3 Å². The third-order valence-electron chi connectivity index (χ3n) is 2.97. The van der Waals surface area contributed by atoms with Crippen molar-refractivity contribution in [2.75, 3.05) is 24.8 Å². The molecule has 0 saturated carbocycles. The SMILES string of the molecule is COC(=O)c1ccc(N)c(N(C)Cc2cccc(Cl)c2)n1. The van der Waals surface area contributed by atoms with Crippen molar-refractivity contribution in [1.82, 2.24) is 4.98 Å². The lowest BCUT2D eigenvalue weighted by atomic mass is 10.2. The zero-order valence-corrected chi connectivity index (χ0v) is 12.6.